The second-order valence-electron chi connectivity index (χ2n) is 6.32. The van der Waals surface area contributed by atoms with Gasteiger partial charge >= 0.3 is 0 Å². The molecule has 0 bridgehead atoms. The number of carbonyl (C=O) groups excluding carboxylic acids is 1. The molecule has 1 amide bonds. The van der Waals surface area contributed by atoms with Gasteiger partial charge in [-0.05, 0) is 38.7 Å². The molecule has 22 heavy (non-hydrogen) atoms. The highest BCUT2D eigenvalue weighted by molar-refractivity contribution is 5.97. The highest BCUT2D eigenvalue weighted by Crippen LogP contribution is 2.22. The van der Waals surface area contributed by atoms with Crippen molar-refractivity contribution in [3.8, 4) is 0 Å². The number of hydrogen-bond acceptors (Lipinski definition) is 4. The van der Waals surface area contributed by atoms with Crippen LogP contribution in [0.1, 0.15) is 35.8 Å². The van der Waals surface area contributed by atoms with E-state index in [0.717, 1.165) is 42.7 Å². The SMILES string of the molecule is Cc1nn(C)c2ncc(C(=O)N3CCCC(C(C)N)C3)cc12. The van der Waals surface area contributed by atoms with E-state index < -0.39 is 0 Å². The van der Waals surface area contributed by atoms with Gasteiger partial charge in [0, 0.05) is 37.8 Å². The molecule has 1 saturated heterocycles. The zero-order valence-electron chi connectivity index (χ0n) is 13.4. The smallest absolute Gasteiger partial charge is 0.255 e. The minimum absolute atomic E-state index is 0.0444. The maximum absolute atomic E-state index is 12.7. The predicted octanol–water partition coefficient (Wildman–Crippen LogP) is 1.48. The highest BCUT2D eigenvalue weighted by atomic mass is 16.2. The zero-order valence-corrected chi connectivity index (χ0v) is 13.4. The fourth-order valence-corrected chi connectivity index (χ4v) is 3.23. The number of piperidine rings is 1. The van der Waals surface area contributed by atoms with Gasteiger partial charge in [0.1, 0.15) is 0 Å². The molecule has 2 unspecified atom stereocenters. The van der Waals surface area contributed by atoms with E-state index in [2.05, 4.69) is 10.1 Å². The van der Waals surface area contributed by atoms with Crippen LogP contribution >= 0.6 is 0 Å². The molecule has 2 N–H and O–H groups in total. The Morgan fingerprint density at radius 3 is 3.00 bits per heavy atom. The van der Waals surface area contributed by atoms with Crippen LogP contribution in [0.2, 0.25) is 0 Å². The van der Waals surface area contributed by atoms with E-state index in [1.54, 1.807) is 10.9 Å². The number of aromatic nitrogens is 3. The van der Waals surface area contributed by atoms with Crippen molar-refractivity contribution in [2.24, 2.45) is 18.7 Å². The first kappa shape index (κ1) is 15.0. The van der Waals surface area contributed by atoms with Crippen molar-refractivity contribution in [1.29, 1.82) is 0 Å². The predicted molar refractivity (Wildman–Crippen MR) is 85.5 cm³/mol. The summed E-state index contributed by atoms with van der Waals surface area (Å²) in [5.41, 5.74) is 8.34. The summed E-state index contributed by atoms with van der Waals surface area (Å²) in [5.74, 6) is 0.428. The van der Waals surface area contributed by atoms with E-state index in [9.17, 15) is 4.79 Å². The molecule has 0 aliphatic carbocycles. The number of aryl methyl sites for hydroxylation is 2. The Balaban J connectivity index is 1.87. The van der Waals surface area contributed by atoms with Gasteiger partial charge in [0.05, 0.1) is 11.3 Å². The van der Waals surface area contributed by atoms with Crippen molar-refractivity contribution in [2.45, 2.75) is 32.7 Å². The van der Waals surface area contributed by atoms with Crippen molar-refractivity contribution in [3.05, 3.63) is 23.5 Å². The summed E-state index contributed by atoms with van der Waals surface area (Å²) in [6.45, 7) is 5.49. The van der Waals surface area contributed by atoms with Gasteiger partial charge in [0.2, 0.25) is 0 Å². The maximum atomic E-state index is 12.7. The Bertz CT molecular complexity index is 706. The molecule has 0 saturated carbocycles. The van der Waals surface area contributed by atoms with E-state index in [1.807, 2.05) is 31.9 Å². The van der Waals surface area contributed by atoms with Gasteiger partial charge in [-0.1, -0.05) is 0 Å². The summed E-state index contributed by atoms with van der Waals surface area (Å²) in [6.07, 6.45) is 3.77. The van der Waals surface area contributed by atoms with E-state index in [0.29, 0.717) is 11.5 Å². The minimum atomic E-state index is 0.0444. The van der Waals surface area contributed by atoms with Crippen LogP contribution in [0.5, 0.6) is 0 Å². The van der Waals surface area contributed by atoms with E-state index in [1.165, 1.54) is 0 Å². The van der Waals surface area contributed by atoms with Crippen molar-refractivity contribution in [3.63, 3.8) is 0 Å². The van der Waals surface area contributed by atoms with E-state index in [-0.39, 0.29) is 11.9 Å². The first-order valence-electron chi connectivity index (χ1n) is 7.81. The number of rotatable bonds is 2. The summed E-state index contributed by atoms with van der Waals surface area (Å²) in [6, 6.07) is 2.03. The second kappa shape index (κ2) is 5.68. The van der Waals surface area contributed by atoms with Crippen LogP contribution in [-0.4, -0.2) is 44.7 Å². The number of hydrogen-bond donors (Lipinski definition) is 1. The number of carbonyl (C=O) groups is 1. The van der Waals surface area contributed by atoms with Gasteiger partial charge in [-0.2, -0.15) is 5.10 Å². The third-order valence-electron chi connectivity index (χ3n) is 4.60. The number of pyridine rings is 1. The van der Waals surface area contributed by atoms with Gasteiger partial charge in [0.25, 0.3) is 5.91 Å². The fraction of sp³-hybridized carbons (Fsp3) is 0.562. The maximum Gasteiger partial charge on any atom is 0.255 e. The average Bonchev–Trinajstić information content (AvgIpc) is 2.81. The number of amides is 1. The van der Waals surface area contributed by atoms with Gasteiger partial charge < -0.3 is 10.6 Å². The lowest BCUT2D eigenvalue weighted by molar-refractivity contribution is 0.0660. The van der Waals surface area contributed by atoms with Crippen LogP contribution in [0.4, 0.5) is 0 Å². The molecule has 2 aromatic heterocycles. The molecule has 2 aromatic rings. The first-order valence-corrected chi connectivity index (χ1v) is 7.81. The lowest BCUT2D eigenvalue weighted by Crippen LogP contribution is -2.45. The Hall–Kier alpha value is -1.95. The summed E-state index contributed by atoms with van der Waals surface area (Å²) in [7, 11) is 1.86. The number of fused-ring (bicyclic) bond motifs is 1. The molecule has 6 nitrogen and oxygen atoms in total. The molecular formula is C16H23N5O. The molecule has 0 spiro atoms. The van der Waals surface area contributed by atoms with Crippen molar-refractivity contribution in [2.75, 3.05) is 13.1 Å². The van der Waals surface area contributed by atoms with Gasteiger partial charge in [-0.15, -0.1) is 0 Å². The summed E-state index contributed by atoms with van der Waals surface area (Å²) in [4.78, 5) is 19.1. The fourth-order valence-electron chi connectivity index (χ4n) is 3.23. The molecule has 0 radical (unpaired) electrons. The molecule has 1 aliphatic rings. The first-order chi connectivity index (χ1) is 10.5. The number of nitrogens with zero attached hydrogens (tertiary/aromatic N) is 4. The standard InChI is InChI=1S/C16H23N5O/c1-10(17)12-5-4-6-21(9-12)16(22)13-7-14-11(2)19-20(3)15(14)18-8-13/h7-8,10,12H,4-6,9,17H2,1-3H3. The Morgan fingerprint density at radius 2 is 2.27 bits per heavy atom. The highest BCUT2D eigenvalue weighted by Gasteiger charge is 2.27. The van der Waals surface area contributed by atoms with Crippen LogP contribution in [-0.2, 0) is 7.05 Å². The molecule has 118 valence electrons. The summed E-state index contributed by atoms with van der Waals surface area (Å²) < 4.78 is 1.74. The number of nitrogens with two attached hydrogens (primary N) is 1. The summed E-state index contributed by atoms with van der Waals surface area (Å²) in [5, 5.41) is 5.29. The normalized spacial score (nSPS) is 20.4. The third kappa shape index (κ3) is 2.59. The van der Waals surface area contributed by atoms with Gasteiger partial charge in [-0.25, -0.2) is 4.98 Å². The Kier molecular flexibility index (Phi) is 3.87. The molecule has 3 heterocycles. The van der Waals surface area contributed by atoms with E-state index >= 15 is 0 Å². The minimum Gasteiger partial charge on any atom is -0.338 e. The molecule has 2 atom stereocenters. The third-order valence-corrected chi connectivity index (χ3v) is 4.60. The van der Waals surface area contributed by atoms with Crippen LogP contribution in [0, 0.1) is 12.8 Å². The average molecular weight is 301 g/mol. The molecular weight excluding hydrogens is 278 g/mol. The van der Waals surface area contributed by atoms with E-state index in [4.69, 9.17) is 5.73 Å². The van der Waals surface area contributed by atoms with Crippen LogP contribution in [0.15, 0.2) is 12.3 Å². The quantitative estimate of drug-likeness (QED) is 0.911. The zero-order chi connectivity index (χ0) is 15.9. The number of likely N-dealkylation sites (tertiary alicyclic amines) is 1. The molecule has 0 aromatic carbocycles. The lowest BCUT2D eigenvalue weighted by atomic mass is 9.92. The van der Waals surface area contributed by atoms with Crippen LogP contribution in [0.3, 0.4) is 0 Å². The molecule has 1 fully saturated rings. The van der Waals surface area contributed by atoms with Crippen LogP contribution in [0.25, 0.3) is 11.0 Å². The van der Waals surface area contributed by atoms with Crippen LogP contribution < -0.4 is 5.73 Å². The van der Waals surface area contributed by atoms with Gasteiger partial charge in [0.15, 0.2) is 5.65 Å². The van der Waals surface area contributed by atoms with Crippen molar-refractivity contribution in [1.82, 2.24) is 19.7 Å². The molecule has 1 aliphatic heterocycles. The molecule has 3 rings (SSSR count). The van der Waals surface area contributed by atoms with Crippen molar-refractivity contribution < 1.29 is 4.79 Å². The largest absolute Gasteiger partial charge is 0.338 e. The van der Waals surface area contributed by atoms with Crippen molar-refractivity contribution >= 4 is 16.9 Å². The topological polar surface area (TPSA) is 77.0 Å². The Labute approximate surface area is 130 Å². The second-order valence-corrected chi connectivity index (χ2v) is 6.32. The molecule has 6 heteroatoms. The Morgan fingerprint density at radius 1 is 1.50 bits per heavy atom. The lowest BCUT2D eigenvalue weighted by Gasteiger charge is -2.34. The monoisotopic (exact) mass is 301 g/mol. The van der Waals surface area contributed by atoms with Gasteiger partial charge in [-0.3, -0.25) is 9.48 Å². The summed E-state index contributed by atoms with van der Waals surface area (Å²) >= 11 is 0.